The molecule has 1 aromatic carbocycles. The van der Waals surface area contributed by atoms with E-state index in [0.717, 1.165) is 24.8 Å². The molecule has 1 amide bonds. The van der Waals surface area contributed by atoms with Crippen LogP contribution in [0.3, 0.4) is 0 Å². The molecule has 3 nitrogen and oxygen atoms in total. The molecule has 0 spiro atoms. The summed E-state index contributed by atoms with van der Waals surface area (Å²) < 4.78 is 0. The predicted octanol–water partition coefficient (Wildman–Crippen LogP) is 2.14. The van der Waals surface area contributed by atoms with Crippen LogP contribution in [0.25, 0.3) is 0 Å². The summed E-state index contributed by atoms with van der Waals surface area (Å²) in [4.78, 5) is 12.2. The van der Waals surface area contributed by atoms with Gasteiger partial charge in [0.05, 0.1) is 12.6 Å². The number of benzene rings is 1. The predicted molar refractivity (Wildman–Crippen MR) is 75.7 cm³/mol. The Hall–Kier alpha value is -1.35. The van der Waals surface area contributed by atoms with Gasteiger partial charge >= 0.3 is 0 Å². The third-order valence-electron chi connectivity index (χ3n) is 4.09. The Morgan fingerprint density at radius 1 is 1.37 bits per heavy atom. The van der Waals surface area contributed by atoms with Crippen LogP contribution in [-0.4, -0.2) is 23.7 Å². The van der Waals surface area contributed by atoms with E-state index in [-0.39, 0.29) is 24.5 Å². The lowest BCUT2D eigenvalue weighted by Gasteiger charge is -2.21. The number of rotatable bonds is 5. The Kier molecular flexibility index (Phi) is 4.97. The largest absolute Gasteiger partial charge is 0.394 e. The van der Waals surface area contributed by atoms with Gasteiger partial charge in [-0.3, -0.25) is 4.79 Å². The number of aliphatic hydroxyl groups excluding tert-OH is 1. The minimum atomic E-state index is -0.178. The van der Waals surface area contributed by atoms with E-state index in [1.165, 1.54) is 0 Å². The minimum Gasteiger partial charge on any atom is -0.394 e. The maximum atomic E-state index is 12.2. The van der Waals surface area contributed by atoms with Crippen LogP contribution in [0.4, 0.5) is 0 Å². The van der Waals surface area contributed by atoms with Gasteiger partial charge in [-0.25, -0.2) is 0 Å². The molecule has 2 rings (SSSR count). The Bertz CT molecular complexity index is 404. The molecule has 0 saturated heterocycles. The van der Waals surface area contributed by atoms with Crippen molar-refractivity contribution < 1.29 is 9.90 Å². The molecule has 1 fully saturated rings. The van der Waals surface area contributed by atoms with Crippen molar-refractivity contribution in [3.05, 3.63) is 35.9 Å². The average molecular weight is 261 g/mol. The Morgan fingerprint density at radius 3 is 2.68 bits per heavy atom. The molecule has 1 saturated carbocycles. The van der Waals surface area contributed by atoms with Gasteiger partial charge in [0, 0.05) is 5.92 Å². The van der Waals surface area contributed by atoms with Gasteiger partial charge in [-0.2, -0.15) is 0 Å². The number of carbonyl (C=O) groups excluding carboxylic acids is 1. The van der Waals surface area contributed by atoms with Crippen LogP contribution in [0.15, 0.2) is 30.3 Å². The zero-order valence-corrected chi connectivity index (χ0v) is 11.5. The third-order valence-corrected chi connectivity index (χ3v) is 4.09. The summed E-state index contributed by atoms with van der Waals surface area (Å²) in [6, 6.07) is 9.79. The molecule has 0 bridgehead atoms. The van der Waals surface area contributed by atoms with Gasteiger partial charge in [0.1, 0.15) is 0 Å². The summed E-state index contributed by atoms with van der Waals surface area (Å²) in [5.41, 5.74) is 1.14. The molecule has 0 aliphatic heterocycles. The highest BCUT2D eigenvalue weighted by Gasteiger charge is 2.30. The van der Waals surface area contributed by atoms with Gasteiger partial charge < -0.3 is 10.4 Å². The highest BCUT2D eigenvalue weighted by atomic mass is 16.3. The molecular weight excluding hydrogens is 238 g/mol. The summed E-state index contributed by atoms with van der Waals surface area (Å²) in [7, 11) is 0. The molecule has 2 unspecified atom stereocenters. The molecule has 19 heavy (non-hydrogen) atoms. The van der Waals surface area contributed by atoms with Crippen molar-refractivity contribution in [3.8, 4) is 0 Å². The summed E-state index contributed by atoms with van der Waals surface area (Å²) in [5.74, 6) is 0.709. The van der Waals surface area contributed by atoms with Crippen LogP contribution in [0.5, 0.6) is 0 Å². The van der Waals surface area contributed by atoms with Gasteiger partial charge in [-0.05, 0) is 30.7 Å². The fourth-order valence-electron chi connectivity index (χ4n) is 2.90. The van der Waals surface area contributed by atoms with Crippen molar-refractivity contribution >= 4 is 5.91 Å². The summed E-state index contributed by atoms with van der Waals surface area (Å²) in [6.07, 6.45) is 3.95. The van der Waals surface area contributed by atoms with Crippen molar-refractivity contribution in [3.63, 3.8) is 0 Å². The van der Waals surface area contributed by atoms with Gasteiger partial charge in [-0.1, -0.05) is 43.7 Å². The fraction of sp³-hybridized carbons (Fsp3) is 0.562. The van der Waals surface area contributed by atoms with E-state index in [2.05, 4.69) is 12.2 Å². The number of hydrogen-bond donors (Lipinski definition) is 2. The first-order valence-corrected chi connectivity index (χ1v) is 7.16. The normalized spacial score (nSPS) is 24.1. The van der Waals surface area contributed by atoms with Gasteiger partial charge in [-0.15, -0.1) is 0 Å². The van der Waals surface area contributed by atoms with Crippen molar-refractivity contribution in [2.75, 3.05) is 6.61 Å². The van der Waals surface area contributed by atoms with Crippen molar-refractivity contribution in [1.29, 1.82) is 0 Å². The molecule has 0 heterocycles. The number of carbonyl (C=O) groups is 1. The van der Waals surface area contributed by atoms with Crippen LogP contribution in [0.2, 0.25) is 0 Å². The zero-order valence-electron chi connectivity index (χ0n) is 11.5. The highest BCUT2D eigenvalue weighted by molar-refractivity contribution is 5.79. The molecule has 1 aliphatic rings. The van der Waals surface area contributed by atoms with E-state index in [0.29, 0.717) is 12.3 Å². The number of hydrogen-bond acceptors (Lipinski definition) is 2. The highest BCUT2D eigenvalue weighted by Crippen LogP contribution is 2.31. The first-order chi connectivity index (χ1) is 9.20. The molecule has 3 heteroatoms. The lowest BCUT2D eigenvalue weighted by molar-refractivity contribution is -0.126. The Labute approximate surface area is 115 Å². The van der Waals surface area contributed by atoms with Crippen LogP contribution >= 0.6 is 0 Å². The minimum absolute atomic E-state index is 0.0122. The lowest BCUT2D eigenvalue weighted by Crippen LogP contribution is -2.42. The number of nitrogens with one attached hydrogen (secondary N) is 1. The van der Waals surface area contributed by atoms with Crippen LogP contribution in [0, 0.1) is 11.8 Å². The molecule has 2 N–H and O–H groups in total. The van der Waals surface area contributed by atoms with E-state index in [9.17, 15) is 9.90 Å². The molecule has 0 radical (unpaired) electrons. The zero-order chi connectivity index (χ0) is 13.7. The smallest absolute Gasteiger partial charge is 0.223 e. The van der Waals surface area contributed by atoms with Gasteiger partial charge in [0.25, 0.3) is 0 Å². The molecule has 1 aromatic rings. The second-order valence-corrected chi connectivity index (χ2v) is 5.59. The standard InChI is InChI=1S/C16H23NO2/c1-12-6-5-9-15(12)16(19)17-14(11-18)10-13-7-3-2-4-8-13/h2-4,7-8,12,14-15,18H,5-6,9-11H2,1H3,(H,17,19)/t12?,14-,15?/m1/s1. The monoisotopic (exact) mass is 261 g/mol. The average Bonchev–Trinajstić information content (AvgIpc) is 2.85. The SMILES string of the molecule is CC1CCCC1C(=O)N[C@@H](CO)Cc1ccccc1. The Morgan fingerprint density at radius 2 is 2.11 bits per heavy atom. The fourth-order valence-corrected chi connectivity index (χ4v) is 2.90. The molecule has 104 valence electrons. The van der Waals surface area contributed by atoms with Gasteiger partial charge in [0.15, 0.2) is 0 Å². The van der Waals surface area contributed by atoms with Gasteiger partial charge in [0.2, 0.25) is 5.91 Å². The van der Waals surface area contributed by atoms with Crippen LogP contribution in [-0.2, 0) is 11.2 Å². The van der Waals surface area contributed by atoms with E-state index >= 15 is 0 Å². The maximum Gasteiger partial charge on any atom is 0.223 e. The summed E-state index contributed by atoms with van der Waals surface area (Å²) in [6.45, 7) is 2.13. The first-order valence-electron chi connectivity index (χ1n) is 7.16. The number of amides is 1. The quantitative estimate of drug-likeness (QED) is 0.853. The van der Waals surface area contributed by atoms with E-state index in [1.54, 1.807) is 0 Å². The Balaban J connectivity index is 1.90. The third kappa shape index (κ3) is 3.80. The van der Waals surface area contributed by atoms with Crippen LogP contribution < -0.4 is 5.32 Å². The van der Waals surface area contributed by atoms with Crippen molar-refractivity contribution in [2.24, 2.45) is 11.8 Å². The lowest BCUT2D eigenvalue weighted by atomic mass is 9.96. The van der Waals surface area contributed by atoms with E-state index in [4.69, 9.17) is 0 Å². The van der Waals surface area contributed by atoms with Crippen molar-refractivity contribution in [1.82, 2.24) is 5.32 Å². The second kappa shape index (κ2) is 6.71. The first kappa shape index (κ1) is 14.1. The summed E-state index contributed by atoms with van der Waals surface area (Å²) >= 11 is 0. The van der Waals surface area contributed by atoms with E-state index in [1.807, 2.05) is 30.3 Å². The number of aliphatic hydroxyl groups is 1. The molecular formula is C16H23NO2. The van der Waals surface area contributed by atoms with Crippen molar-refractivity contribution in [2.45, 2.75) is 38.6 Å². The summed E-state index contributed by atoms with van der Waals surface area (Å²) in [5, 5.41) is 12.4. The van der Waals surface area contributed by atoms with E-state index < -0.39 is 0 Å². The topological polar surface area (TPSA) is 49.3 Å². The van der Waals surface area contributed by atoms with Crippen LogP contribution in [0.1, 0.15) is 31.7 Å². The molecule has 0 aromatic heterocycles. The second-order valence-electron chi connectivity index (χ2n) is 5.59. The molecule has 1 aliphatic carbocycles. The maximum absolute atomic E-state index is 12.2. The molecule has 3 atom stereocenters.